The fraction of sp³-hybridized carbons (Fsp3) is 0.250. The van der Waals surface area contributed by atoms with Gasteiger partial charge in [0.05, 0.1) is 0 Å². The minimum absolute atomic E-state index is 0.0172. The van der Waals surface area contributed by atoms with Crippen LogP contribution < -0.4 is 5.32 Å². The van der Waals surface area contributed by atoms with Gasteiger partial charge >= 0.3 is 11.4 Å². The molecule has 1 rings (SSSR count). The van der Waals surface area contributed by atoms with E-state index in [0.717, 1.165) is 0 Å². The molecule has 1 heterocycles. The number of thiazole rings is 1. The van der Waals surface area contributed by atoms with Crippen LogP contribution in [-0.2, 0) is 15.5 Å². The summed E-state index contributed by atoms with van der Waals surface area (Å²) in [6.07, 6.45) is 1.63. The van der Waals surface area contributed by atoms with E-state index >= 15 is 0 Å². The van der Waals surface area contributed by atoms with Crippen molar-refractivity contribution in [2.45, 2.75) is 0 Å². The maximum Gasteiger partial charge on any atom is 0.303 e. The molecule has 11 heavy (non-hydrogen) atoms. The molecule has 0 fully saturated rings. The van der Waals surface area contributed by atoms with E-state index in [-0.39, 0.29) is 6.73 Å². The van der Waals surface area contributed by atoms with E-state index in [1.807, 2.05) is 0 Å². The highest BCUT2D eigenvalue weighted by molar-refractivity contribution is 7.74. The van der Waals surface area contributed by atoms with Gasteiger partial charge in [0.2, 0.25) is 0 Å². The lowest BCUT2D eigenvalue weighted by Gasteiger charge is -1.98. The number of anilines is 1. The Kier molecular flexibility index (Phi) is 3.43. The lowest BCUT2D eigenvalue weighted by atomic mass is 11.0. The maximum atomic E-state index is 9.96. The molecule has 1 aromatic rings. The van der Waals surface area contributed by atoms with Gasteiger partial charge in [0.15, 0.2) is 5.13 Å². The molecule has 0 amide bonds. The molecular formula is C4H6N2O3S2. The Morgan fingerprint density at radius 2 is 2.73 bits per heavy atom. The van der Waals surface area contributed by atoms with E-state index in [4.69, 9.17) is 4.55 Å². The van der Waals surface area contributed by atoms with E-state index in [1.165, 1.54) is 11.3 Å². The number of hydrogen-bond acceptors (Lipinski definition) is 5. The predicted octanol–water partition coefficient (Wildman–Crippen LogP) is 0.666. The van der Waals surface area contributed by atoms with Crippen LogP contribution >= 0.6 is 11.3 Å². The van der Waals surface area contributed by atoms with Crippen LogP contribution in [0.1, 0.15) is 0 Å². The lowest BCUT2D eigenvalue weighted by molar-refractivity contribution is 0.330. The van der Waals surface area contributed by atoms with Crippen molar-refractivity contribution in [3.05, 3.63) is 11.6 Å². The van der Waals surface area contributed by atoms with Gasteiger partial charge in [-0.1, -0.05) is 0 Å². The molecule has 0 aliphatic rings. The van der Waals surface area contributed by atoms with E-state index in [2.05, 4.69) is 14.5 Å². The van der Waals surface area contributed by atoms with Crippen molar-refractivity contribution in [3.8, 4) is 0 Å². The van der Waals surface area contributed by atoms with Crippen molar-refractivity contribution in [1.29, 1.82) is 0 Å². The smallest absolute Gasteiger partial charge is 0.303 e. The van der Waals surface area contributed by atoms with Crippen LogP contribution in [0.5, 0.6) is 0 Å². The molecule has 1 aromatic heterocycles. The average Bonchev–Trinajstić information content (AvgIpc) is 2.39. The summed E-state index contributed by atoms with van der Waals surface area (Å²) in [5.41, 5.74) is 0. The Labute approximate surface area is 69.9 Å². The zero-order chi connectivity index (χ0) is 8.10. The van der Waals surface area contributed by atoms with Gasteiger partial charge in [-0.2, -0.15) is 4.21 Å². The third-order valence-corrected chi connectivity index (χ3v) is 1.87. The van der Waals surface area contributed by atoms with Crippen molar-refractivity contribution < 1.29 is 12.9 Å². The second-order valence-electron chi connectivity index (χ2n) is 1.49. The predicted molar refractivity (Wildman–Crippen MR) is 42.5 cm³/mol. The first-order chi connectivity index (χ1) is 5.29. The molecule has 0 aliphatic heterocycles. The molecule has 5 nitrogen and oxygen atoms in total. The number of rotatable bonds is 4. The first kappa shape index (κ1) is 8.60. The van der Waals surface area contributed by atoms with Crippen molar-refractivity contribution in [2.75, 3.05) is 12.0 Å². The normalized spacial score (nSPS) is 12.8. The summed E-state index contributed by atoms with van der Waals surface area (Å²) in [6.45, 7) is -0.0172. The molecule has 0 spiro atoms. The number of nitrogens with one attached hydrogen (secondary N) is 1. The molecule has 7 heteroatoms. The first-order valence-electron chi connectivity index (χ1n) is 2.66. The Bertz CT molecular complexity index is 225. The van der Waals surface area contributed by atoms with Crippen LogP contribution in [0.2, 0.25) is 0 Å². The van der Waals surface area contributed by atoms with E-state index in [1.54, 1.807) is 11.6 Å². The fourth-order valence-corrected chi connectivity index (χ4v) is 1.13. The fourth-order valence-electron chi connectivity index (χ4n) is 0.452. The first-order valence-corrected chi connectivity index (χ1v) is 4.57. The summed E-state index contributed by atoms with van der Waals surface area (Å²) >= 11 is -0.821. The molecule has 1 atom stereocenters. The summed E-state index contributed by atoms with van der Waals surface area (Å²) in [5.74, 6) is 0. The van der Waals surface area contributed by atoms with Crippen LogP contribution in [0, 0.1) is 0 Å². The summed E-state index contributed by atoms with van der Waals surface area (Å²) in [4.78, 5) is 3.86. The van der Waals surface area contributed by atoms with Crippen LogP contribution in [0.3, 0.4) is 0 Å². The standard InChI is InChI=1S/C4H6N2O3S2/c7-11(8)9-3-6-4-5-1-2-10-4/h1-2H,3H2,(H,5,6)(H,7,8). The highest BCUT2D eigenvalue weighted by Gasteiger charge is 1.94. The zero-order valence-electron chi connectivity index (χ0n) is 5.39. The average molecular weight is 194 g/mol. The van der Waals surface area contributed by atoms with E-state index in [0.29, 0.717) is 5.13 Å². The van der Waals surface area contributed by atoms with Crippen molar-refractivity contribution >= 4 is 27.8 Å². The third-order valence-electron chi connectivity index (χ3n) is 0.815. The highest BCUT2D eigenvalue weighted by atomic mass is 32.2. The van der Waals surface area contributed by atoms with Crippen molar-refractivity contribution in [2.24, 2.45) is 0 Å². The lowest BCUT2D eigenvalue weighted by Crippen LogP contribution is -2.06. The van der Waals surface area contributed by atoms with Gasteiger partial charge in [-0.15, -0.1) is 11.3 Å². The molecule has 0 saturated carbocycles. The highest BCUT2D eigenvalue weighted by Crippen LogP contribution is 2.09. The van der Waals surface area contributed by atoms with Gasteiger partial charge in [0.25, 0.3) is 0 Å². The SMILES string of the molecule is O=S(O)OCNc1nccs1. The Hall–Kier alpha value is -0.500. The van der Waals surface area contributed by atoms with Crippen LogP contribution in [0.25, 0.3) is 0 Å². The van der Waals surface area contributed by atoms with Gasteiger partial charge in [0.1, 0.15) is 6.73 Å². The number of hydrogen-bond donors (Lipinski definition) is 2. The zero-order valence-corrected chi connectivity index (χ0v) is 7.02. The van der Waals surface area contributed by atoms with Gasteiger partial charge < -0.3 is 5.32 Å². The minimum Gasteiger partial charge on any atom is -0.338 e. The Balaban J connectivity index is 2.19. The van der Waals surface area contributed by atoms with Gasteiger partial charge in [-0.3, -0.25) is 4.55 Å². The molecule has 0 bridgehead atoms. The number of aromatic nitrogens is 1. The number of nitrogens with zero attached hydrogens (tertiary/aromatic N) is 1. The van der Waals surface area contributed by atoms with Crippen LogP contribution in [0.15, 0.2) is 11.6 Å². The maximum absolute atomic E-state index is 9.96. The van der Waals surface area contributed by atoms with Crippen LogP contribution in [0.4, 0.5) is 5.13 Å². The minimum atomic E-state index is -2.21. The van der Waals surface area contributed by atoms with E-state index in [9.17, 15) is 4.21 Å². The molecular weight excluding hydrogens is 188 g/mol. The second-order valence-corrected chi connectivity index (χ2v) is 3.06. The summed E-state index contributed by atoms with van der Waals surface area (Å²) in [6, 6.07) is 0. The quantitative estimate of drug-likeness (QED) is 0.544. The van der Waals surface area contributed by atoms with Crippen molar-refractivity contribution in [3.63, 3.8) is 0 Å². The van der Waals surface area contributed by atoms with E-state index < -0.39 is 11.4 Å². The second kappa shape index (κ2) is 4.39. The van der Waals surface area contributed by atoms with Gasteiger partial charge in [0, 0.05) is 11.6 Å². The topological polar surface area (TPSA) is 71.5 Å². The summed E-state index contributed by atoms with van der Waals surface area (Å²) in [7, 11) is 0. The monoisotopic (exact) mass is 194 g/mol. The summed E-state index contributed by atoms with van der Waals surface area (Å²) < 4.78 is 22.4. The van der Waals surface area contributed by atoms with Crippen LogP contribution in [-0.4, -0.2) is 20.5 Å². The third kappa shape index (κ3) is 3.42. The molecule has 0 aromatic carbocycles. The molecule has 0 saturated heterocycles. The molecule has 0 radical (unpaired) electrons. The molecule has 62 valence electrons. The molecule has 2 N–H and O–H groups in total. The Morgan fingerprint density at radius 3 is 3.27 bits per heavy atom. The summed E-state index contributed by atoms with van der Waals surface area (Å²) in [5, 5.41) is 5.14. The Morgan fingerprint density at radius 1 is 1.91 bits per heavy atom. The van der Waals surface area contributed by atoms with Gasteiger partial charge in [-0.25, -0.2) is 9.17 Å². The van der Waals surface area contributed by atoms with Gasteiger partial charge in [-0.05, 0) is 0 Å². The van der Waals surface area contributed by atoms with Crippen molar-refractivity contribution in [1.82, 2.24) is 4.98 Å². The molecule has 0 aliphatic carbocycles. The largest absolute Gasteiger partial charge is 0.338 e. The molecule has 1 unspecified atom stereocenters.